The Labute approximate surface area is 208 Å². The highest BCUT2D eigenvalue weighted by molar-refractivity contribution is 14.0. The Morgan fingerprint density at radius 1 is 1.22 bits per heavy atom. The van der Waals surface area contributed by atoms with Crippen molar-refractivity contribution in [1.29, 1.82) is 0 Å². The van der Waals surface area contributed by atoms with Crippen LogP contribution >= 0.6 is 24.0 Å². The number of benzene rings is 1. The van der Waals surface area contributed by atoms with E-state index in [1.165, 1.54) is 0 Å². The standard InChI is InChI=1S/C22H36N6O3.HI/c1-5-31-22(30)28-12-9-19(10-13-28)26-21(23-2)25-16-17-7-6-8-18(15-17)20(29)24-11-14-27(3)4;/h6-8,15,19H,5,9-14,16H2,1-4H3,(H,24,29)(H2,23,25,26);1H. The van der Waals surface area contributed by atoms with Crippen LogP contribution in [0.2, 0.25) is 0 Å². The van der Waals surface area contributed by atoms with Crippen LogP contribution in [0.5, 0.6) is 0 Å². The Morgan fingerprint density at radius 3 is 2.56 bits per heavy atom. The number of hydrogen-bond donors (Lipinski definition) is 3. The number of carbonyl (C=O) groups excluding carboxylic acids is 2. The van der Waals surface area contributed by atoms with Gasteiger partial charge in [0, 0.05) is 51.4 Å². The lowest BCUT2D eigenvalue weighted by atomic mass is 10.1. The van der Waals surface area contributed by atoms with Gasteiger partial charge in [0.05, 0.1) is 6.61 Å². The van der Waals surface area contributed by atoms with Crippen molar-refractivity contribution in [1.82, 2.24) is 25.8 Å². The van der Waals surface area contributed by atoms with E-state index in [-0.39, 0.29) is 42.0 Å². The number of hydrogen-bond acceptors (Lipinski definition) is 5. The highest BCUT2D eigenvalue weighted by Crippen LogP contribution is 2.11. The van der Waals surface area contributed by atoms with Crippen molar-refractivity contribution in [3.63, 3.8) is 0 Å². The van der Waals surface area contributed by atoms with Gasteiger partial charge in [-0.15, -0.1) is 24.0 Å². The molecule has 32 heavy (non-hydrogen) atoms. The predicted molar refractivity (Wildman–Crippen MR) is 138 cm³/mol. The first-order chi connectivity index (χ1) is 14.9. The maximum atomic E-state index is 12.3. The summed E-state index contributed by atoms with van der Waals surface area (Å²) in [6.07, 6.45) is 1.43. The van der Waals surface area contributed by atoms with E-state index < -0.39 is 0 Å². The molecule has 1 heterocycles. The smallest absolute Gasteiger partial charge is 0.409 e. The van der Waals surface area contributed by atoms with Crippen molar-refractivity contribution >= 4 is 41.9 Å². The van der Waals surface area contributed by atoms with Crippen molar-refractivity contribution in [3.05, 3.63) is 35.4 Å². The van der Waals surface area contributed by atoms with Crippen molar-refractivity contribution in [2.75, 3.05) is 53.9 Å². The number of ether oxygens (including phenoxy) is 1. The number of aliphatic imine (C=N–C) groups is 1. The lowest BCUT2D eigenvalue weighted by molar-refractivity contribution is 0.0947. The first-order valence-electron chi connectivity index (χ1n) is 10.8. The van der Waals surface area contributed by atoms with Crippen LogP contribution in [0.1, 0.15) is 35.7 Å². The minimum absolute atomic E-state index is 0. The Hall–Kier alpha value is -2.08. The molecule has 1 saturated heterocycles. The molecule has 9 nitrogen and oxygen atoms in total. The fourth-order valence-corrected chi connectivity index (χ4v) is 3.31. The van der Waals surface area contributed by atoms with Gasteiger partial charge in [0.1, 0.15) is 0 Å². The largest absolute Gasteiger partial charge is 0.450 e. The molecule has 3 N–H and O–H groups in total. The lowest BCUT2D eigenvalue weighted by Gasteiger charge is -2.32. The highest BCUT2D eigenvalue weighted by Gasteiger charge is 2.24. The molecule has 0 saturated carbocycles. The molecule has 2 rings (SSSR count). The summed E-state index contributed by atoms with van der Waals surface area (Å²) < 4.78 is 5.06. The molecule has 0 spiro atoms. The molecule has 180 valence electrons. The van der Waals surface area contributed by atoms with Crippen LogP contribution in [-0.2, 0) is 11.3 Å². The van der Waals surface area contributed by atoms with Gasteiger partial charge in [-0.05, 0) is 51.6 Å². The number of carbonyl (C=O) groups is 2. The van der Waals surface area contributed by atoms with Gasteiger partial charge in [0.2, 0.25) is 0 Å². The molecule has 0 aliphatic carbocycles. The average Bonchev–Trinajstić information content (AvgIpc) is 2.77. The second-order valence-electron chi connectivity index (χ2n) is 7.79. The summed E-state index contributed by atoms with van der Waals surface area (Å²) in [5.41, 5.74) is 1.65. The zero-order valence-corrected chi connectivity index (χ0v) is 21.8. The van der Waals surface area contributed by atoms with E-state index in [4.69, 9.17) is 4.74 Å². The molecule has 1 aliphatic rings. The lowest BCUT2D eigenvalue weighted by Crippen LogP contribution is -2.49. The number of nitrogens with one attached hydrogen (secondary N) is 3. The van der Waals surface area contributed by atoms with E-state index in [9.17, 15) is 9.59 Å². The summed E-state index contributed by atoms with van der Waals surface area (Å²) in [4.78, 5) is 32.2. The van der Waals surface area contributed by atoms with E-state index in [1.807, 2.05) is 50.2 Å². The number of amides is 2. The number of rotatable bonds is 8. The minimum atomic E-state index is -0.242. The zero-order valence-electron chi connectivity index (χ0n) is 19.5. The second kappa shape index (κ2) is 14.9. The summed E-state index contributed by atoms with van der Waals surface area (Å²) in [7, 11) is 5.68. The predicted octanol–water partition coefficient (Wildman–Crippen LogP) is 1.88. The van der Waals surface area contributed by atoms with E-state index in [0.29, 0.717) is 44.3 Å². The molecule has 10 heteroatoms. The fraction of sp³-hybridized carbons (Fsp3) is 0.591. The molecule has 0 radical (unpaired) electrons. The highest BCUT2D eigenvalue weighted by atomic mass is 127. The molecule has 0 atom stereocenters. The molecular formula is C22H37IN6O3. The molecule has 0 bridgehead atoms. The first-order valence-corrected chi connectivity index (χ1v) is 10.8. The summed E-state index contributed by atoms with van der Waals surface area (Å²) in [6.45, 7) is 5.51. The second-order valence-corrected chi connectivity index (χ2v) is 7.79. The van der Waals surface area contributed by atoms with Crippen LogP contribution in [0.3, 0.4) is 0 Å². The molecule has 0 aromatic heterocycles. The summed E-state index contributed by atoms with van der Waals surface area (Å²) >= 11 is 0. The monoisotopic (exact) mass is 560 g/mol. The molecule has 1 aromatic carbocycles. The van der Waals surface area contributed by atoms with Crippen LogP contribution < -0.4 is 16.0 Å². The van der Waals surface area contributed by atoms with Crippen LogP contribution in [0.4, 0.5) is 4.79 Å². The maximum Gasteiger partial charge on any atom is 0.409 e. The number of likely N-dealkylation sites (tertiary alicyclic amines) is 1. The van der Waals surface area contributed by atoms with Crippen molar-refractivity contribution in [2.45, 2.75) is 32.4 Å². The number of guanidine groups is 1. The van der Waals surface area contributed by atoms with Crippen molar-refractivity contribution in [2.24, 2.45) is 4.99 Å². The number of piperidine rings is 1. The Bertz CT molecular complexity index is 751. The third-order valence-corrected chi connectivity index (χ3v) is 5.08. The Morgan fingerprint density at radius 2 is 1.94 bits per heavy atom. The van der Waals surface area contributed by atoms with E-state index >= 15 is 0 Å². The van der Waals surface area contributed by atoms with E-state index in [0.717, 1.165) is 24.9 Å². The maximum absolute atomic E-state index is 12.3. The minimum Gasteiger partial charge on any atom is -0.450 e. The fourth-order valence-electron chi connectivity index (χ4n) is 3.31. The first kappa shape index (κ1) is 28.0. The molecule has 1 aromatic rings. The Kier molecular flexibility index (Phi) is 13.0. The van der Waals surface area contributed by atoms with Gasteiger partial charge in [0.15, 0.2) is 5.96 Å². The summed E-state index contributed by atoms with van der Waals surface area (Å²) in [6, 6.07) is 7.82. The molecule has 0 unspecified atom stereocenters. The molecule has 1 fully saturated rings. The van der Waals surface area contributed by atoms with Gasteiger partial charge in [-0.1, -0.05) is 12.1 Å². The van der Waals surface area contributed by atoms with E-state index in [1.54, 1.807) is 11.9 Å². The molecule has 1 aliphatic heterocycles. The SMILES string of the molecule is CCOC(=O)N1CCC(NC(=NC)NCc2cccc(C(=O)NCCN(C)C)c2)CC1.I. The summed E-state index contributed by atoms with van der Waals surface area (Å²) in [5, 5.41) is 9.66. The normalized spacial score (nSPS) is 14.5. The van der Waals surface area contributed by atoms with Gasteiger partial charge < -0.3 is 30.5 Å². The number of nitrogens with zero attached hydrogens (tertiary/aromatic N) is 3. The van der Waals surface area contributed by atoms with Crippen molar-refractivity contribution < 1.29 is 14.3 Å². The van der Waals surface area contributed by atoms with Gasteiger partial charge in [-0.3, -0.25) is 9.79 Å². The average molecular weight is 560 g/mol. The third kappa shape index (κ3) is 9.60. The van der Waals surface area contributed by atoms with Crippen molar-refractivity contribution in [3.8, 4) is 0 Å². The van der Waals surface area contributed by atoms with Gasteiger partial charge >= 0.3 is 6.09 Å². The number of likely N-dealkylation sites (N-methyl/N-ethyl adjacent to an activating group) is 1. The molecule has 2 amide bonds. The zero-order chi connectivity index (χ0) is 22.6. The van der Waals surface area contributed by atoms with Crippen LogP contribution in [0.15, 0.2) is 29.3 Å². The number of halogens is 1. The summed E-state index contributed by atoms with van der Waals surface area (Å²) in [5.74, 6) is 0.634. The third-order valence-electron chi connectivity index (χ3n) is 5.08. The van der Waals surface area contributed by atoms with Gasteiger partial charge in [-0.25, -0.2) is 4.79 Å². The van der Waals surface area contributed by atoms with Gasteiger partial charge in [-0.2, -0.15) is 0 Å². The Balaban J connectivity index is 0.00000512. The topological polar surface area (TPSA) is 98.3 Å². The van der Waals surface area contributed by atoms with Crippen LogP contribution in [0.25, 0.3) is 0 Å². The quantitative estimate of drug-likeness (QED) is 0.255. The van der Waals surface area contributed by atoms with E-state index in [2.05, 4.69) is 20.9 Å². The molecular weight excluding hydrogens is 523 g/mol. The van der Waals surface area contributed by atoms with Crippen LogP contribution in [-0.4, -0.2) is 87.7 Å². The van der Waals surface area contributed by atoms with Crippen LogP contribution in [0, 0.1) is 0 Å². The van der Waals surface area contributed by atoms with Gasteiger partial charge in [0.25, 0.3) is 5.91 Å².